The van der Waals surface area contributed by atoms with E-state index in [4.69, 9.17) is 0 Å². The summed E-state index contributed by atoms with van der Waals surface area (Å²) in [4.78, 5) is 46.1. The summed E-state index contributed by atoms with van der Waals surface area (Å²) in [5, 5.41) is 2.63. The molecule has 0 aliphatic carbocycles. The minimum atomic E-state index is -0.285. The first-order valence-electron chi connectivity index (χ1n) is 8.89. The molecule has 0 aromatic carbocycles. The smallest absolute Gasteiger partial charge is 0.317 e. The molecule has 0 spiro atoms. The second-order valence-corrected chi connectivity index (χ2v) is 7.15. The molecule has 2 bridgehead atoms. The van der Waals surface area contributed by atoms with Crippen molar-refractivity contribution in [3.05, 3.63) is 30.1 Å². The molecule has 4 rings (SSSR count). The van der Waals surface area contributed by atoms with Crippen molar-refractivity contribution < 1.29 is 14.4 Å². The Kier molecular flexibility index (Phi) is 5.39. The SMILES string of the molecule is CN(C)C(=O)NCC(=O)N1CC2CCC1CN(C(=O)c1cccnc1)C2. The lowest BCUT2D eigenvalue weighted by Gasteiger charge is -2.36. The van der Waals surface area contributed by atoms with Gasteiger partial charge in [-0.25, -0.2) is 4.79 Å². The number of aromatic nitrogens is 1. The number of fused-ring (bicyclic) bond motifs is 4. The molecule has 2 atom stereocenters. The molecule has 140 valence electrons. The van der Waals surface area contributed by atoms with Gasteiger partial charge in [0.25, 0.3) is 5.91 Å². The maximum atomic E-state index is 12.8. The molecule has 3 saturated heterocycles. The maximum absolute atomic E-state index is 12.8. The Morgan fingerprint density at radius 3 is 2.73 bits per heavy atom. The molecule has 2 unspecified atom stereocenters. The van der Waals surface area contributed by atoms with Crippen molar-refractivity contribution in [1.82, 2.24) is 25.0 Å². The predicted molar refractivity (Wildman–Crippen MR) is 95.5 cm³/mol. The second-order valence-electron chi connectivity index (χ2n) is 7.15. The lowest BCUT2D eigenvalue weighted by atomic mass is 9.95. The summed E-state index contributed by atoms with van der Waals surface area (Å²) in [6, 6.07) is 3.23. The van der Waals surface area contributed by atoms with Crippen LogP contribution in [0.15, 0.2) is 24.5 Å². The van der Waals surface area contributed by atoms with Gasteiger partial charge in [0.2, 0.25) is 5.91 Å². The van der Waals surface area contributed by atoms with Crippen LogP contribution in [0.4, 0.5) is 4.79 Å². The van der Waals surface area contributed by atoms with E-state index in [1.54, 1.807) is 38.6 Å². The van der Waals surface area contributed by atoms with Gasteiger partial charge in [-0.3, -0.25) is 14.6 Å². The summed E-state index contributed by atoms with van der Waals surface area (Å²) in [5.41, 5.74) is 0.574. The Labute approximate surface area is 153 Å². The molecule has 3 aliphatic rings. The van der Waals surface area contributed by atoms with Crippen LogP contribution in [0.2, 0.25) is 0 Å². The van der Waals surface area contributed by atoms with Gasteiger partial charge in [-0.05, 0) is 30.9 Å². The van der Waals surface area contributed by atoms with Gasteiger partial charge in [0, 0.05) is 52.2 Å². The molecule has 0 radical (unpaired) electrons. The van der Waals surface area contributed by atoms with Crippen LogP contribution < -0.4 is 5.32 Å². The summed E-state index contributed by atoms with van der Waals surface area (Å²) in [6.07, 6.45) is 5.12. The van der Waals surface area contributed by atoms with Crippen molar-refractivity contribution in [1.29, 1.82) is 0 Å². The Morgan fingerprint density at radius 1 is 1.23 bits per heavy atom. The van der Waals surface area contributed by atoms with Gasteiger partial charge in [-0.1, -0.05) is 0 Å². The predicted octanol–water partition coefficient (Wildman–Crippen LogP) is 0.416. The molecule has 8 heteroatoms. The minimum Gasteiger partial charge on any atom is -0.336 e. The van der Waals surface area contributed by atoms with E-state index in [2.05, 4.69) is 10.3 Å². The summed E-state index contributed by atoms with van der Waals surface area (Å²) in [6.45, 7) is 1.80. The first kappa shape index (κ1) is 18.2. The standard InChI is InChI=1S/C18H25N5O3/c1-21(2)18(26)20-9-16(24)23-11-13-5-6-15(23)12-22(10-13)17(25)14-4-3-7-19-8-14/h3-4,7-8,13,15H,5-6,9-12H2,1-2H3,(H,20,26). The molecule has 4 amide bonds. The molecule has 3 fully saturated rings. The van der Waals surface area contributed by atoms with E-state index in [1.807, 2.05) is 9.80 Å². The van der Waals surface area contributed by atoms with E-state index in [0.717, 1.165) is 12.8 Å². The molecule has 1 N–H and O–H groups in total. The highest BCUT2D eigenvalue weighted by Crippen LogP contribution is 2.28. The molecule has 1 aromatic rings. The number of hydrogen-bond donors (Lipinski definition) is 1. The van der Waals surface area contributed by atoms with Gasteiger partial charge in [0.1, 0.15) is 0 Å². The molecule has 26 heavy (non-hydrogen) atoms. The highest BCUT2D eigenvalue weighted by Gasteiger charge is 2.38. The average Bonchev–Trinajstić information content (AvgIpc) is 2.97. The number of piperidine rings is 1. The van der Waals surface area contributed by atoms with Crippen LogP contribution in [0.5, 0.6) is 0 Å². The van der Waals surface area contributed by atoms with Crippen LogP contribution in [-0.2, 0) is 4.79 Å². The third kappa shape index (κ3) is 3.95. The number of nitrogens with one attached hydrogen (secondary N) is 1. The van der Waals surface area contributed by atoms with Gasteiger partial charge in [0.05, 0.1) is 12.1 Å². The quantitative estimate of drug-likeness (QED) is 0.847. The maximum Gasteiger partial charge on any atom is 0.317 e. The van der Waals surface area contributed by atoms with Crippen molar-refractivity contribution in [2.75, 3.05) is 40.3 Å². The Hall–Kier alpha value is -2.64. The number of nitrogens with zero attached hydrogens (tertiary/aromatic N) is 4. The van der Waals surface area contributed by atoms with Gasteiger partial charge >= 0.3 is 6.03 Å². The first-order valence-corrected chi connectivity index (χ1v) is 8.89. The molecule has 1 aromatic heterocycles. The summed E-state index contributed by atoms with van der Waals surface area (Å²) < 4.78 is 0. The van der Waals surface area contributed by atoms with Crippen molar-refractivity contribution >= 4 is 17.8 Å². The summed E-state index contributed by atoms with van der Waals surface area (Å²) in [5.74, 6) is 0.138. The van der Waals surface area contributed by atoms with Crippen molar-refractivity contribution in [3.8, 4) is 0 Å². The third-order valence-electron chi connectivity index (χ3n) is 5.03. The number of urea groups is 1. The van der Waals surface area contributed by atoms with E-state index >= 15 is 0 Å². The second kappa shape index (κ2) is 7.72. The lowest BCUT2D eigenvalue weighted by Crippen LogP contribution is -2.51. The van der Waals surface area contributed by atoms with Crippen molar-refractivity contribution in [3.63, 3.8) is 0 Å². The number of amides is 4. The fourth-order valence-corrected chi connectivity index (χ4v) is 3.64. The molecule has 4 heterocycles. The number of carbonyl (C=O) groups excluding carboxylic acids is 3. The van der Waals surface area contributed by atoms with Gasteiger partial charge in [0.15, 0.2) is 0 Å². The minimum absolute atomic E-state index is 0.00173. The largest absolute Gasteiger partial charge is 0.336 e. The number of hydrogen-bond acceptors (Lipinski definition) is 4. The van der Waals surface area contributed by atoms with Crippen LogP contribution in [-0.4, -0.2) is 83.8 Å². The number of carbonyl (C=O) groups is 3. The van der Waals surface area contributed by atoms with Crippen LogP contribution in [0.25, 0.3) is 0 Å². The van der Waals surface area contributed by atoms with Gasteiger partial charge in [-0.2, -0.15) is 0 Å². The molecular weight excluding hydrogens is 334 g/mol. The molecule has 8 nitrogen and oxygen atoms in total. The summed E-state index contributed by atoms with van der Waals surface area (Å²) in [7, 11) is 3.27. The van der Waals surface area contributed by atoms with Gasteiger partial charge < -0.3 is 20.0 Å². The first-order chi connectivity index (χ1) is 12.5. The third-order valence-corrected chi connectivity index (χ3v) is 5.03. The van der Waals surface area contributed by atoms with E-state index < -0.39 is 0 Å². The molecular formula is C18H25N5O3. The fourth-order valence-electron chi connectivity index (χ4n) is 3.64. The van der Waals surface area contributed by atoms with Crippen molar-refractivity contribution in [2.45, 2.75) is 18.9 Å². The Morgan fingerprint density at radius 2 is 2.04 bits per heavy atom. The van der Waals surface area contributed by atoms with Gasteiger partial charge in [-0.15, -0.1) is 0 Å². The Balaban J connectivity index is 1.65. The molecule has 3 aliphatic heterocycles. The zero-order chi connectivity index (χ0) is 18.7. The Bertz CT molecular complexity index is 679. The van der Waals surface area contributed by atoms with Crippen LogP contribution in [0.3, 0.4) is 0 Å². The van der Waals surface area contributed by atoms with Crippen LogP contribution in [0, 0.1) is 5.92 Å². The normalized spacial score (nSPS) is 21.9. The van der Waals surface area contributed by atoms with E-state index in [9.17, 15) is 14.4 Å². The van der Waals surface area contributed by atoms with E-state index in [0.29, 0.717) is 25.2 Å². The molecule has 0 saturated carbocycles. The topological polar surface area (TPSA) is 85.9 Å². The van der Waals surface area contributed by atoms with E-state index in [-0.39, 0.29) is 36.3 Å². The highest BCUT2D eigenvalue weighted by atomic mass is 16.2. The number of pyridine rings is 1. The van der Waals surface area contributed by atoms with Crippen LogP contribution in [0.1, 0.15) is 23.2 Å². The summed E-state index contributed by atoms with van der Waals surface area (Å²) >= 11 is 0. The van der Waals surface area contributed by atoms with Crippen molar-refractivity contribution in [2.24, 2.45) is 5.92 Å². The average molecular weight is 359 g/mol. The number of rotatable bonds is 3. The highest BCUT2D eigenvalue weighted by molar-refractivity contribution is 5.94. The fraction of sp³-hybridized carbons (Fsp3) is 0.556. The van der Waals surface area contributed by atoms with E-state index in [1.165, 1.54) is 4.90 Å². The van der Waals surface area contributed by atoms with Crippen LogP contribution >= 0.6 is 0 Å². The zero-order valence-corrected chi connectivity index (χ0v) is 15.2. The lowest BCUT2D eigenvalue weighted by molar-refractivity contribution is -0.134. The zero-order valence-electron chi connectivity index (χ0n) is 15.2. The monoisotopic (exact) mass is 359 g/mol.